The van der Waals surface area contributed by atoms with Crippen LogP contribution in [0.5, 0.6) is 0 Å². The zero-order valence-corrected chi connectivity index (χ0v) is 6.57. The summed E-state index contributed by atoms with van der Waals surface area (Å²) in [5.74, 6) is 0. The first kappa shape index (κ1) is 7.18. The highest BCUT2D eigenvalue weighted by molar-refractivity contribution is 5.81. The Bertz CT molecular complexity index is 392. The van der Waals surface area contributed by atoms with E-state index in [1.807, 2.05) is 24.3 Å². The Balaban J connectivity index is 2.79. The number of rotatable bonds is 1. The molecule has 0 radical (unpaired) electrons. The molecule has 12 heavy (non-hydrogen) atoms. The summed E-state index contributed by atoms with van der Waals surface area (Å²) >= 11 is 0. The van der Waals surface area contributed by atoms with Gasteiger partial charge in [-0.25, -0.2) is 0 Å². The third-order valence-electron chi connectivity index (χ3n) is 1.87. The van der Waals surface area contributed by atoms with E-state index in [4.69, 9.17) is 5.73 Å². The number of hydrogen-bond acceptors (Lipinski definition) is 3. The van der Waals surface area contributed by atoms with Crippen molar-refractivity contribution in [3.8, 4) is 0 Å². The van der Waals surface area contributed by atoms with Crippen molar-refractivity contribution in [3.63, 3.8) is 0 Å². The van der Waals surface area contributed by atoms with Gasteiger partial charge in [0.05, 0.1) is 11.7 Å². The van der Waals surface area contributed by atoms with E-state index in [9.17, 15) is 0 Å². The van der Waals surface area contributed by atoms with Crippen LogP contribution in [-0.2, 0) is 6.54 Å². The molecule has 0 aliphatic heterocycles. The predicted molar refractivity (Wildman–Crippen MR) is 47.4 cm³/mol. The highest BCUT2D eigenvalue weighted by atomic mass is 15.1. The largest absolute Gasteiger partial charge is 0.326 e. The van der Waals surface area contributed by atoms with Crippen molar-refractivity contribution in [2.24, 2.45) is 5.73 Å². The maximum Gasteiger partial charge on any atom is 0.0932 e. The lowest BCUT2D eigenvalue weighted by atomic mass is 10.1. The van der Waals surface area contributed by atoms with Crippen LogP contribution in [0.1, 0.15) is 5.56 Å². The van der Waals surface area contributed by atoms with E-state index < -0.39 is 0 Å². The molecule has 2 N–H and O–H groups in total. The summed E-state index contributed by atoms with van der Waals surface area (Å²) < 4.78 is 0. The van der Waals surface area contributed by atoms with E-state index in [1.54, 1.807) is 6.20 Å². The van der Waals surface area contributed by atoms with Crippen molar-refractivity contribution in [3.05, 3.63) is 36.0 Å². The van der Waals surface area contributed by atoms with Gasteiger partial charge in [-0.05, 0) is 17.7 Å². The molecule has 3 nitrogen and oxygen atoms in total. The van der Waals surface area contributed by atoms with Crippen LogP contribution >= 0.6 is 0 Å². The summed E-state index contributed by atoms with van der Waals surface area (Å²) in [5.41, 5.74) is 7.58. The van der Waals surface area contributed by atoms with Gasteiger partial charge in [-0.15, -0.1) is 0 Å². The van der Waals surface area contributed by atoms with Gasteiger partial charge in [0.2, 0.25) is 0 Å². The Morgan fingerprint density at radius 3 is 3.00 bits per heavy atom. The van der Waals surface area contributed by atoms with Crippen LogP contribution in [0.2, 0.25) is 0 Å². The Morgan fingerprint density at radius 1 is 1.25 bits per heavy atom. The van der Waals surface area contributed by atoms with Crippen molar-refractivity contribution < 1.29 is 0 Å². The molecule has 0 amide bonds. The van der Waals surface area contributed by atoms with Gasteiger partial charge in [-0.1, -0.05) is 12.1 Å². The minimum atomic E-state index is 0.545. The van der Waals surface area contributed by atoms with E-state index >= 15 is 0 Å². The van der Waals surface area contributed by atoms with Crippen molar-refractivity contribution >= 4 is 10.9 Å². The maximum atomic E-state index is 5.57. The van der Waals surface area contributed by atoms with Gasteiger partial charge in [-0.2, -0.15) is 10.2 Å². The first-order valence-electron chi connectivity index (χ1n) is 3.81. The zero-order valence-electron chi connectivity index (χ0n) is 6.57. The second kappa shape index (κ2) is 2.87. The minimum Gasteiger partial charge on any atom is -0.326 e. The third kappa shape index (κ3) is 1.04. The molecule has 3 heteroatoms. The van der Waals surface area contributed by atoms with Crippen molar-refractivity contribution in [1.29, 1.82) is 0 Å². The van der Waals surface area contributed by atoms with E-state index in [0.717, 1.165) is 16.5 Å². The van der Waals surface area contributed by atoms with Gasteiger partial charge in [0.15, 0.2) is 0 Å². The predicted octanol–water partition coefficient (Wildman–Crippen LogP) is 1.09. The molecule has 1 heterocycles. The summed E-state index contributed by atoms with van der Waals surface area (Å²) in [6.45, 7) is 0.545. The molecule has 0 aliphatic carbocycles. The number of nitrogens with zero attached hydrogens (tertiary/aromatic N) is 2. The lowest BCUT2D eigenvalue weighted by Gasteiger charge is -2.00. The van der Waals surface area contributed by atoms with Crippen LogP contribution in [0.3, 0.4) is 0 Å². The lowest BCUT2D eigenvalue weighted by molar-refractivity contribution is 1.05. The van der Waals surface area contributed by atoms with Gasteiger partial charge in [0.25, 0.3) is 0 Å². The summed E-state index contributed by atoms with van der Waals surface area (Å²) in [6.07, 6.45) is 1.68. The van der Waals surface area contributed by atoms with E-state index in [1.165, 1.54) is 0 Å². The van der Waals surface area contributed by atoms with E-state index in [2.05, 4.69) is 10.2 Å². The third-order valence-corrected chi connectivity index (χ3v) is 1.87. The molecule has 0 saturated heterocycles. The molecular weight excluding hydrogens is 150 g/mol. The van der Waals surface area contributed by atoms with Crippen LogP contribution in [0, 0.1) is 0 Å². The first-order valence-corrected chi connectivity index (χ1v) is 3.81. The Labute approximate surface area is 70.2 Å². The SMILES string of the molecule is NCc1cccc2nnccc12. The van der Waals surface area contributed by atoms with E-state index in [-0.39, 0.29) is 0 Å². The molecule has 2 rings (SSSR count). The molecule has 0 aliphatic rings. The number of aromatic nitrogens is 2. The normalized spacial score (nSPS) is 10.4. The van der Waals surface area contributed by atoms with Crippen LogP contribution in [0.15, 0.2) is 30.5 Å². The molecule has 60 valence electrons. The van der Waals surface area contributed by atoms with Crippen LogP contribution in [-0.4, -0.2) is 10.2 Å². The number of benzene rings is 1. The monoisotopic (exact) mass is 159 g/mol. The lowest BCUT2D eigenvalue weighted by Crippen LogP contribution is -1.97. The molecule has 0 spiro atoms. The smallest absolute Gasteiger partial charge is 0.0932 e. The molecule has 1 aromatic carbocycles. The van der Waals surface area contributed by atoms with Crippen LogP contribution < -0.4 is 5.73 Å². The Hall–Kier alpha value is -1.48. The fourth-order valence-electron chi connectivity index (χ4n) is 1.26. The summed E-state index contributed by atoms with van der Waals surface area (Å²) in [6, 6.07) is 7.81. The quantitative estimate of drug-likeness (QED) is 0.677. The van der Waals surface area contributed by atoms with Gasteiger partial charge in [0.1, 0.15) is 0 Å². The molecule has 0 unspecified atom stereocenters. The van der Waals surface area contributed by atoms with Crippen LogP contribution in [0.4, 0.5) is 0 Å². The van der Waals surface area contributed by atoms with Gasteiger partial charge >= 0.3 is 0 Å². The average Bonchev–Trinajstić information content (AvgIpc) is 2.17. The topological polar surface area (TPSA) is 51.8 Å². The highest BCUT2D eigenvalue weighted by Crippen LogP contribution is 2.14. The molecule has 0 fully saturated rings. The molecular formula is C9H9N3. The molecule has 0 saturated carbocycles. The number of fused-ring (bicyclic) bond motifs is 1. The van der Waals surface area contributed by atoms with E-state index in [0.29, 0.717) is 6.54 Å². The number of nitrogens with two attached hydrogens (primary N) is 1. The fraction of sp³-hybridized carbons (Fsp3) is 0.111. The average molecular weight is 159 g/mol. The first-order chi connectivity index (χ1) is 5.92. The second-order valence-electron chi connectivity index (χ2n) is 2.59. The zero-order chi connectivity index (χ0) is 8.39. The summed E-state index contributed by atoms with van der Waals surface area (Å²) in [5, 5.41) is 8.87. The van der Waals surface area contributed by atoms with Crippen molar-refractivity contribution in [1.82, 2.24) is 10.2 Å². The standard InChI is InChI=1S/C9H9N3/c10-6-7-2-1-3-9-8(7)4-5-11-12-9/h1-5H,6,10H2. The van der Waals surface area contributed by atoms with Gasteiger partial charge in [0, 0.05) is 11.9 Å². The highest BCUT2D eigenvalue weighted by Gasteiger charge is 1.97. The van der Waals surface area contributed by atoms with Gasteiger partial charge < -0.3 is 5.73 Å². The molecule has 0 bridgehead atoms. The molecule has 2 aromatic rings. The number of hydrogen-bond donors (Lipinski definition) is 1. The summed E-state index contributed by atoms with van der Waals surface area (Å²) in [7, 11) is 0. The maximum absolute atomic E-state index is 5.57. The van der Waals surface area contributed by atoms with Gasteiger partial charge in [-0.3, -0.25) is 0 Å². The van der Waals surface area contributed by atoms with Crippen LogP contribution in [0.25, 0.3) is 10.9 Å². The molecule has 1 aromatic heterocycles. The second-order valence-corrected chi connectivity index (χ2v) is 2.59. The molecule has 0 atom stereocenters. The fourth-order valence-corrected chi connectivity index (χ4v) is 1.26. The minimum absolute atomic E-state index is 0.545. The summed E-state index contributed by atoms with van der Waals surface area (Å²) in [4.78, 5) is 0. The Morgan fingerprint density at radius 2 is 2.17 bits per heavy atom. The van der Waals surface area contributed by atoms with Crippen molar-refractivity contribution in [2.75, 3.05) is 0 Å². The Kier molecular flexibility index (Phi) is 1.72. The van der Waals surface area contributed by atoms with Crippen molar-refractivity contribution in [2.45, 2.75) is 6.54 Å².